The zero-order valence-corrected chi connectivity index (χ0v) is 16.3. The van der Waals surface area contributed by atoms with Crippen LogP contribution in [0.15, 0.2) is 22.7 Å². The number of aliphatic hydroxyl groups excluding tert-OH is 1. The van der Waals surface area contributed by atoms with Crippen LogP contribution in [0.25, 0.3) is 0 Å². The Hall–Kier alpha value is -2.48. The monoisotopic (exact) mass is 390 g/mol. The third kappa shape index (κ3) is 5.28. The molecule has 152 valence electrons. The first-order valence-electron chi connectivity index (χ1n) is 9.73. The first-order chi connectivity index (χ1) is 13.4. The van der Waals surface area contributed by atoms with Gasteiger partial charge in [-0.3, -0.25) is 4.79 Å². The van der Waals surface area contributed by atoms with Crippen molar-refractivity contribution in [1.29, 1.82) is 0 Å². The molecule has 1 fully saturated rings. The Labute approximate surface area is 163 Å². The standard InChI is InChI=1S/C20H27FN4O3/c1-13(2)20-23-19(28-24-20)6-5-18(27)22-12-14-3-4-17(16(21)11-14)25-9-7-15(26)8-10-25/h3-4,11,13,15,26H,5-10,12H2,1-2H3,(H,22,27). The average Bonchev–Trinajstić information content (AvgIpc) is 3.15. The Morgan fingerprint density at radius 3 is 2.79 bits per heavy atom. The number of anilines is 1. The highest BCUT2D eigenvalue weighted by Gasteiger charge is 2.19. The SMILES string of the molecule is CC(C)c1noc(CCC(=O)NCc2ccc(N3CCC(O)CC3)c(F)c2)n1. The zero-order valence-electron chi connectivity index (χ0n) is 16.3. The van der Waals surface area contributed by atoms with Crippen molar-refractivity contribution in [2.24, 2.45) is 0 Å². The summed E-state index contributed by atoms with van der Waals surface area (Å²) in [5.41, 5.74) is 1.24. The highest BCUT2D eigenvalue weighted by Crippen LogP contribution is 2.24. The smallest absolute Gasteiger partial charge is 0.227 e. The number of rotatable bonds is 7. The summed E-state index contributed by atoms with van der Waals surface area (Å²) in [6, 6.07) is 5.00. The molecular formula is C20H27FN4O3. The normalized spacial score (nSPS) is 15.2. The molecule has 8 heteroatoms. The summed E-state index contributed by atoms with van der Waals surface area (Å²) in [6.45, 7) is 5.49. The van der Waals surface area contributed by atoms with Crippen LogP contribution in [0.5, 0.6) is 0 Å². The average molecular weight is 390 g/mol. The van der Waals surface area contributed by atoms with Crippen LogP contribution >= 0.6 is 0 Å². The zero-order chi connectivity index (χ0) is 20.1. The molecule has 0 saturated carbocycles. The van der Waals surface area contributed by atoms with E-state index in [-0.39, 0.29) is 36.7 Å². The highest BCUT2D eigenvalue weighted by atomic mass is 19.1. The van der Waals surface area contributed by atoms with Crippen molar-refractivity contribution in [1.82, 2.24) is 15.5 Å². The second-order valence-corrected chi connectivity index (χ2v) is 7.48. The van der Waals surface area contributed by atoms with Crippen LogP contribution in [0.4, 0.5) is 10.1 Å². The Balaban J connectivity index is 1.47. The maximum Gasteiger partial charge on any atom is 0.227 e. The lowest BCUT2D eigenvalue weighted by Gasteiger charge is -2.31. The van der Waals surface area contributed by atoms with Gasteiger partial charge in [-0.15, -0.1) is 0 Å². The molecule has 0 atom stereocenters. The fraction of sp³-hybridized carbons (Fsp3) is 0.550. The molecule has 28 heavy (non-hydrogen) atoms. The Bertz CT molecular complexity index is 800. The minimum atomic E-state index is -0.310. The fourth-order valence-corrected chi connectivity index (χ4v) is 3.14. The van der Waals surface area contributed by atoms with E-state index in [0.717, 1.165) is 0 Å². The quantitative estimate of drug-likeness (QED) is 0.755. The minimum Gasteiger partial charge on any atom is -0.393 e. The van der Waals surface area contributed by atoms with Gasteiger partial charge in [-0.25, -0.2) is 4.39 Å². The van der Waals surface area contributed by atoms with Crippen molar-refractivity contribution in [3.8, 4) is 0 Å². The molecule has 1 amide bonds. The fourth-order valence-electron chi connectivity index (χ4n) is 3.14. The van der Waals surface area contributed by atoms with Crippen molar-refractivity contribution in [2.75, 3.05) is 18.0 Å². The number of carbonyl (C=O) groups is 1. The Kier molecular flexibility index (Phi) is 6.61. The molecule has 2 heterocycles. The van der Waals surface area contributed by atoms with E-state index in [4.69, 9.17) is 4.52 Å². The molecule has 3 rings (SSSR count). The van der Waals surface area contributed by atoms with Gasteiger partial charge in [0.15, 0.2) is 5.82 Å². The summed E-state index contributed by atoms with van der Waals surface area (Å²) in [4.78, 5) is 18.2. The number of halogens is 1. The number of nitrogens with zero attached hydrogens (tertiary/aromatic N) is 3. The van der Waals surface area contributed by atoms with Gasteiger partial charge >= 0.3 is 0 Å². The summed E-state index contributed by atoms with van der Waals surface area (Å²) in [7, 11) is 0. The maximum atomic E-state index is 14.4. The first-order valence-corrected chi connectivity index (χ1v) is 9.73. The number of aryl methyl sites for hydroxylation is 1. The molecular weight excluding hydrogens is 363 g/mol. The number of amides is 1. The van der Waals surface area contributed by atoms with Crippen LogP contribution < -0.4 is 10.2 Å². The number of benzene rings is 1. The number of aromatic nitrogens is 2. The lowest BCUT2D eigenvalue weighted by molar-refractivity contribution is -0.121. The van der Waals surface area contributed by atoms with Crippen LogP contribution in [0, 0.1) is 5.82 Å². The summed E-state index contributed by atoms with van der Waals surface area (Å²) >= 11 is 0. The summed E-state index contributed by atoms with van der Waals surface area (Å²) in [5.74, 6) is 0.795. The molecule has 1 aromatic carbocycles. The van der Waals surface area contributed by atoms with Crippen LogP contribution in [0.1, 0.15) is 56.3 Å². The summed E-state index contributed by atoms with van der Waals surface area (Å²) in [6.07, 6.45) is 1.61. The molecule has 0 spiro atoms. The van der Waals surface area contributed by atoms with Crippen molar-refractivity contribution in [3.63, 3.8) is 0 Å². The van der Waals surface area contributed by atoms with Gasteiger partial charge in [0.05, 0.1) is 11.8 Å². The summed E-state index contributed by atoms with van der Waals surface area (Å²) in [5, 5.41) is 16.2. The lowest BCUT2D eigenvalue weighted by atomic mass is 10.1. The van der Waals surface area contributed by atoms with Crippen molar-refractivity contribution >= 4 is 11.6 Å². The molecule has 1 aromatic heterocycles. The third-order valence-electron chi connectivity index (χ3n) is 4.87. The second kappa shape index (κ2) is 9.14. The van der Waals surface area contributed by atoms with Crippen LogP contribution in [0.3, 0.4) is 0 Å². The molecule has 0 bridgehead atoms. The van der Waals surface area contributed by atoms with E-state index in [1.54, 1.807) is 6.07 Å². The Morgan fingerprint density at radius 2 is 2.14 bits per heavy atom. The van der Waals surface area contributed by atoms with E-state index in [0.29, 0.717) is 55.3 Å². The number of nitrogens with one attached hydrogen (secondary N) is 1. The van der Waals surface area contributed by atoms with E-state index in [2.05, 4.69) is 15.5 Å². The number of piperidine rings is 1. The highest BCUT2D eigenvalue weighted by molar-refractivity contribution is 5.76. The Morgan fingerprint density at radius 1 is 1.39 bits per heavy atom. The van der Waals surface area contributed by atoms with E-state index in [9.17, 15) is 14.3 Å². The third-order valence-corrected chi connectivity index (χ3v) is 4.87. The van der Waals surface area contributed by atoms with Crippen LogP contribution in [-0.4, -0.2) is 40.3 Å². The topological polar surface area (TPSA) is 91.5 Å². The van der Waals surface area contributed by atoms with E-state index in [1.807, 2.05) is 24.8 Å². The van der Waals surface area contributed by atoms with Crippen LogP contribution in [-0.2, 0) is 17.8 Å². The minimum absolute atomic E-state index is 0.154. The van der Waals surface area contributed by atoms with E-state index in [1.165, 1.54) is 6.07 Å². The second-order valence-electron chi connectivity index (χ2n) is 7.48. The van der Waals surface area contributed by atoms with Gasteiger partial charge in [0.2, 0.25) is 11.8 Å². The molecule has 0 aliphatic carbocycles. The van der Waals surface area contributed by atoms with Gasteiger partial charge in [-0.2, -0.15) is 4.98 Å². The lowest BCUT2D eigenvalue weighted by Crippen LogP contribution is -2.36. The van der Waals surface area contributed by atoms with Gasteiger partial charge in [0, 0.05) is 38.4 Å². The van der Waals surface area contributed by atoms with Gasteiger partial charge in [0.1, 0.15) is 5.82 Å². The van der Waals surface area contributed by atoms with Crippen LogP contribution in [0.2, 0.25) is 0 Å². The number of carbonyl (C=O) groups excluding carboxylic acids is 1. The maximum absolute atomic E-state index is 14.4. The molecule has 7 nitrogen and oxygen atoms in total. The van der Waals surface area contributed by atoms with Crippen molar-refractivity contribution in [2.45, 2.75) is 58.1 Å². The van der Waals surface area contributed by atoms with E-state index < -0.39 is 0 Å². The van der Waals surface area contributed by atoms with Crippen molar-refractivity contribution in [3.05, 3.63) is 41.3 Å². The number of hydrogen-bond acceptors (Lipinski definition) is 6. The predicted molar refractivity (Wildman–Crippen MR) is 102 cm³/mol. The van der Waals surface area contributed by atoms with E-state index >= 15 is 0 Å². The van der Waals surface area contributed by atoms with Gasteiger partial charge in [-0.1, -0.05) is 25.1 Å². The molecule has 2 N–H and O–H groups in total. The van der Waals surface area contributed by atoms with Gasteiger partial charge in [0.25, 0.3) is 0 Å². The number of hydrogen-bond donors (Lipinski definition) is 2. The first kappa shape index (κ1) is 20.3. The molecule has 2 aromatic rings. The molecule has 1 aliphatic heterocycles. The van der Waals surface area contributed by atoms with Gasteiger partial charge in [-0.05, 0) is 30.5 Å². The molecule has 0 unspecified atom stereocenters. The number of aliphatic hydroxyl groups is 1. The summed E-state index contributed by atoms with van der Waals surface area (Å²) < 4.78 is 19.6. The van der Waals surface area contributed by atoms with Gasteiger partial charge < -0.3 is 19.8 Å². The molecule has 1 saturated heterocycles. The largest absolute Gasteiger partial charge is 0.393 e. The van der Waals surface area contributed by atoms with Crippen molar-refractivity contribution < 1.29 is 18.8 Å². The predicted octanol–water partition coefficient (Wildman–Crippen LogP) is 2.54. The molecule has 1 aliphatic rings. The molecule has 0 radical (unpaired) electrons.